The smallest absolute Gasteiger partial charge is 0.422 e. The van der Waals surface area contributed by atoms with Gasteiger partial charge in [0, 0.05) is 26.1 Å². The van der Waals surface area contributed by atoms with Gasteiger partial charge in [-0.2, -0.15) is 13.2 Å². The van der Waals surface area contributed by atoms with Crippen molar-refractivity contribution in [1.82, 2.24) is 14.5 Å². The molecule has 0 fully saturated rings. The maximum Gasteiger partial charge on any atom is 0.422 e. The maximum absolute atomic E-state index is 12.6. The second-order valence-corrected chi connectivity index (χ2v) is 6.75. The quantitative estimate of drug-likeness (QED) is 0.606. The molecule has 3 rings (SSSR count). The number of nitrogens with zero attached hydrogens (tertiary/aromatic N) is 2. The number of aromatic nitrogens is 2. The predicted octanol–water partition coefficient (Wildman–Crippen LogP) is 3.47. The maximum atomic E-state index is 12.6. The van der Waals surface area contributed by atoms with E-state index in [1.807, 2.05) is 31.2 Å². The molecule has 1 aromatic heterocycles. The Morgan fingerprint density at radius 2 is 1.77 bits per heavy atom. The number of para-hydroxylation sites is 2. The van der Waals surface area contributed by atoms with Crippen LogP contribution < -0.4 is 15.7 Å². The Labute approximate surface area is 170 Å². The van der Waals surface area contributed by atoms with Crippen molar-refractivity contribution in [2.75, 3.05) is 6.61 Å². The Balaban J connectivity index is 1.58. The van der Waals surface area contributed by atoms with Crippen molar-refractivity contribution in [2.24, 2.45) is 0 Å². The van der Waals surface area contributed by atoms with E-state index in [9.17, 15) is 22.8 Å². The number of ether oxygens (including phenoxy) is 1. The molecular formula is C21H22F3N3O3. The van der Waals surface area contributed by atoms with Gasteiger partial charge in [0.1, 0.15) is 5.75 Å². The van der Waals surface area contributed by atoms with E-state index in [2.05, 4.69) is 5.32 Å². The minimum Gasteiger partial charge on any atom is -0.484 e. The zero-order chi connectivity index (χ0) is 21.7. The van der Waals surface area contributed by atoms with Crippen LogP contribution in [0.25, 0.3) is 11.0 Å². The van der Waals surface area contributed by atoms with Gasteiger partial charge < -0.3 is 10.1 Å². The number of alkyl halides is 3. The molecule has 0 saturated carbocycles. The first kappa shape index (κ1) is 21.5. The minimum absolute atomic E-state index is 0.0815. The highest BCUT2D eigenvalue weighted by Crippen LogP contribution is 2.19. The van der Waals surface area contributed by atoms with E-state index < -0.39 is 12.8 Å². The minimum atomic E-state index is -4.41. The molecule has 2 aromatic carbocycles. The number of aryl methyl sites for hydroxylation is 2. The highest BCUT2D eigenvalue weighted by atomic mass is 19.4. The highest BCUT2D eigenvalue weighted by Gasteiger charge is 2.28. The van der Waals surface area contributed by atoms with E-state index in [4.69, 9.17) is 4.74 Å². The number of imidazole rings is 1. The van der Waals surface area contributed by atoms with Gasteiger partial charge in [0.2, 0.25) is 5.91 Å². The summed E-state index contributed by atoms with van der Waals surface area (Å²) in [6, 6.07) is 13.5. The van der Waals surface area contributed by atoms with Crippen LogP contribution in [0.15, 0.2) is 53.3 Å². The van der Waals surface area contributed by atoms with Crippen LogP contribution >= 0.6 is 0 Å². The molecule has 1 amide bonds. The van der Waals surface area contributed by atoms with Crippen LogP contribution in [-0.4, -0.2) is 27.8 Å². The summed E-state index contributed by atoms with van der Waals surface area (Å²) in [6.45, 7) is 1.42. The molecule has 160 valence electrons. The highest BCUT2D eigenvalue weighted by molar-refractivity contribution is 5.78. The van der Waals surface area contributed by atoms with E-state index >= 15 is 0 Å². The fraction of sp³-hybridized carbons (Fsp3) is 0.333. The molecule has 0 saturated heterocycles. The Morgan fingerprint density at radius 1 is 1.07 bits per heavy atom. The van der Waals surface area contributed by atoms with Gasteiger partial charge in [-0.05, 0) is 36.8 Å². The lowest BCUT2D eigenvalue weighted by Crippen LogP contribution is -2.28. The fourth-order valence-electron chi connectivity index (χ4n) is 3.21. The van der Waals surface area contributed by atoms with E-state index in [0.29, 0.717) is 12.1 Å². The summed E-state index contributed by atoms with van der Waals surface area (Å²) in [5.41, 5.74) is 2.04. The van der Waals surface area contributed by atoms with Gasteiger partial charge >= 0.3 is 11.9 Å². The second-order valence-electron chi connectivity index (χ2n) is 6.75. The van der Waals surface area contributed by atoms with Crippen molar-refractivity contribution in [3.05, 3.63) is 64.6 Å². The number of carbonyl (C=O) groups excluding carboxylic acids is 1. The Hall–Kier alpha value is -3.23. The van der Waals surface area contributed by atoms with Gasteiger partial charge in [-0.3, -0.25) is 13.9 Å². The molecule has 9 heteroatoms. The normalized spacial score (nSPS) is 11.6. The molecule has 3 aromatic rings. The summed E-state index contributed by atoms with van der Waals surface area (Å²) in [6.07, 6.45) is -4.31. The third kappa shape index (κ3) is 5.22. The topological polar surface area (TPSA) is 65.3 Å². The van der Waals surface area contributed by atoms with Crippen molar-refractivity contribution in [1.29, 1.82) is 0 Å². The van der Waals surface area contributed by atoms with Gasteiger partial charge in [0.15, 0.2) is 6.61 Å². The van der Waals surface area contributed by atoms with Crippen molar-refractivity contribution in [3.8, 4) is 5.75 Å². The molecule has 0 aliphatic heterocycles. The van der Waals surface area contributed by atoms with Crippen LogP contribution in [-0.2, 0) is 24.4 Å². The zero-order valence-electron chi connectivity index (χ0n) is 16.4. The molecule has 0 atom stereocenters. The monoisotopic (exact) mass is 421 g/mol. The van der Waals surface area contributed by atoms with Gasteiger partial charge in [0.25, 0.3) is 0 Å². The first-order chi connectivity index (χ1) is 14.3. The molecule has 0 aliphatic rings. The summed E-state index contributed by atoms with van der Waals surface area (Å²) in [7, 11) is 0. The Morgan fingerprint density at radius 3 is 2.43 bits per heavy atom. The number of carbonyl (C=O) groups is 1. The average Bonchev–Trinajstić information content (AvgIpc) is 2.99. The number of hydrogen-bond acceptors (Lipinski definition) is 3. The van der Waals surface area contributed by atoms with Crippen LogP contribution in [0.3, 0.4) is 0 Å². The summed E-state index contributed by atoms with van der Waals surface area (Å²) in [5, 5.41) is 2.72. The molecule has 1 heterocycles. The number of rotatable bonds is 8. The molecule has 1 N–H and O–H groups in total. The number of fused-ring (bicyclic) bond motifs is 1. The van der Waals surface area contributed by atoms with E-state index in [0.717, 1.165) is 11.0 Å². The number of benzene rings is 2. The number of amides is 1. The van der Waals surface area contributed by atoms with Crippen LogP contribution in [0.2, 0.25) is 0 Å². The molecule has 0 unspecified atom stereocenters. The lowest BCUT2D eigenvalue weighted by Gasteiger charge is -2.11. The molecular weight excluding hydrogens is 399 g/mol. The Kier molecular flexibility index (Phi) is 6.49. The third-order valence-electron chi connectivity index (χ3n) is 4.59. The SMILES string of the molecule is CCn1c(=O)n(CCC(=O)NCc2cccc(OCC(F)(F)F)c2)c2ccccc21. The lowest BCUT2D eigenvalue weighted by molar-refractivity contribution is -0.153. The zero-order valence-corrected chi connectivity index (χ0v) is 16.4. The van der Waals surface area contributed by atoms with Crippen molar-refractivity contribution >= 4 is 16.9 Å². The van der Waals surface area contributed by atoms with Gasteiger partial charge in [-0.15, -0.1) is 0 Å². The van der Waals surface area contributed by atoms with Crippen molar-refractivity contribution in [2.45, 2.75) is 39.2 Å². The summed E-state index contributed by atoms with van der Waals surface area (Å²) >= 11 is 0. The van der Waals surface area contributed by atoms with Gasteiger partial charge in [-0.1, -0.05) is 24.3 Å². The standard InChI is InChI=1S/C21H22F3N3O3/c1-2-26-17-8-3-4-9-18(17)27(20(26)29)11-10-19(28)25-13-15-6-5-7-16(12-15)30-14-21(22,23)24/h3-9,12H,2,10-11,13-14H2,1H3,(H,25,28). The molecule has 0 bridgehead atoms. The molecule has 0 aliphatic carbocycles. The number of nitrogens with one attached hydrogen (secondary N) is 1. The van der Waals surface area contributed by atoms with Gasteiger partial charge in [0.05, 0.1) is 11.0 Å². The second kappa shape index (κ2) is 9.06. The Bertz CT molecular complexity index is 1090. The van der Waals surface area contributed by atoms with E-state index in [1.165, 1.54) is 12.1 Å². The van der Waals surface area contributed by atoms with Crippen LogP contribution in [0.5, 0.6) is 5.75 Å². The average molecular weight is 421 g/mol. The number of halogens is 3. The van der Waals surface area contributed by atoms with Crippen LogP contribution in [0.4, 0.5) is 13.2 Å². The van der Waals surface area contributed by atoms with Crippen LogP contribution in [0, 0.1) is 0 Å². The summed E-state index contributed by atoms with van der Waals surface area (Å²) in [5.74, 6) is -0.185. The fourth-order valence-corrected chi connectivity index (χ4v) is 3.21. The largest absolute Gasteiger partial charge is 0.484 e. The van der Waals surface area contributed by atoms with Crippen LogP contribution in [0.1, 0.15) is 18.9 Å². The molecule has 6 nitrogen and oxygen atoms in total. The molecule has 0 radical (unpaired) electrons. The van der Waals surface area contributed by atoms with Gasteiger partial charge in [-0.25, -0.2) is 4.79 Å². The van der Waals surface area contributed by atoms with Crippen molar-refractivity contribution < 1.29 is 22.7 Å². The molecule has 0 spiro atoms. The molecule has 30 heavy (non-hydrogen) atoms. The first-order valence-corrected chi connectivity index (χ1v) is 9.51. The summed E-state index contributed by atoms with van der Waals surface area (Å²) in [4.78, 5) is 24.8. The third-order valence-corrected chi connectivity index (χ3v) is 4.59. The predicted molar refractivity (Wildman–Crippen MR) is 106 cm³/mol. The van der Waals surface area contributed by atoms with E-state index in [1.54, 1.807) is 21.3 Å². The summed E-state index contributed by atoms with van der Waals surface area (Å²) < 4.78 is 44.7. The van der Waals surface area contributed by atoms with Crippen molar-refractivity contribution in [3.63, 3.8) is 0 Å². The first-order valence-electron chi connectivity index (χ1n) is 9.51. The van der Waals surface area contributed by atoms with E-state index in [-0.39, 0.29) is 36.9 Å². The lowest BCUT2D eigenvalue weighted by atomic mass is 10.2. The number of hydrogen-bond donors (Lipinski definition) is 1.